The fraction of sp³-hybridized carbons (Fsp3) is 0.167. The van der Waals surface area contributed by atoms with Gasteiger partial charge in [-0.05, 0) is 49.7 Å². The number of nitrogens with zero attached hydrogens (tertiary/aromatic N) is 3. The largest absolute Gasteiger partial charge is 0.506 e. The molecule has 4 rings (SSSR count). The topological polar surface area (TPSA) is 104 Å². The number of aromatic amines is 1. The molecule has 1 amide bonds. The molecule has 0 unspecified atom stereocenters. The van der Waals surface area contributed by atoms with Crippen molar-refractivity contribution in [2.75, 3.05) is 0 Å². The number of benzene rings is 1. The SMILES string of the molecule is CC(C)(C(=O)NCc1cccnc1)c1nc(-c2ccc(Cl)c(O)c2)c(-c2ccncc2)[nH]1. The van der Waals surface area contributed by atoms with Gasteiger partial charge in [0, 0.05) is 42.5 Å². The lowest BCUT2D eigenvalue weighted by Crippen LogP contribution is -2.40. The van der Waals surface area contributed by atoms with Crippen LogP contribution in [-0.2, 0) is 16.8 Å². The van der Waals surface area contributed by atoms with E-state index in [0.717, 1.165) is 16.8 Å². The van der Waals surface area contributed by atoms with Crippen LogP contribution in [0.25, 0.3) is 22.5 Å². The lowest BCUT2D eigenvalue weighted by atomic mass is 9.91. The fourth-order valence-electron chi connectivity index (χ4n) is 3.28. The summed E-state index contributed by atoms with van der Waals surface area (Å²) >= 11 is 5.99. The van der Waals surface area contributed by atoms with E-state index >= 15 is 0 Å². The molecule has 0 saturated heterocycles. The van der Waals surface area contributed by atoms with Gasteiger partial charge in [-0.1, -0.05) is 23.7 Å². The molecule has 4 aromatic rings. The molecule has 0 spiro atoms. The number of hydrogen-bond acceptors (Lipinski definition) is 5. The number of halogens is 1. The van der Waals surface area contributed by atoms with Crippen LogP contribution in [0.4, 0.5) is 0 Å². The summed E-state index contributed by atoms with van der Waals surface area (Å²) in [7, 11) is 0. The second kappa shape index (κ2) is 8.80. The van der Waals surface area contributed by atoms with Gasteiger partial charge in [-0.15, -0.1) is 0 Å². The minimum absolute atomic E-state index is 0.0390. The molecule has 0 fully saturated rings. The summed E-state index contributed by atoms with van der Waals surface area (Å²) in [6.07, 6.45) is 6.77. The standard InChI is InChI=1S/C24H22ClN5O2/c1-24(2,23(32)28-14-15-4-3-9-27-13-15)22-29-20(16-7-10-26-11-8-16)21(30-22)17-5-6-18(25)19(31)12-17/h3-13,31H,14H2,1-2H3,(H,28,32)(H,29,30). The minimum Gasteiger partial charge on any atom is -0.506 e. The molecular weight excluding hydrogens is 426 g/mol. The number of phenolic OH excluding ortho intramolecular Hbond substituents is 1. The van der Waals surface area contributed by atoms with Gasteiger partial charge in [-0.25, -0.2) is 4.98 Å². The van der Waals surface area contributed by atoms with Gasteiger partial charge in [0.1, 0.15) is 17.0 Å². The molecule has 32 heavy (non-hydrogen) atoms. The number of carbonyl (C=O) groups is 1. The number of nitrogens with one attached hydrogen (secondary N) is 2. The number of pyridine rings is 2. The Hall–Kier alpha value is -3.71. The van der Waals surface area contributed by atoms with Crippen molar-refractivity contribution >= 4 is 17.5 Å². The molecular formula is C24H22ClN5O2. The molecule has 8 heteroatoms. The highest BCUT2D eigenvalue weighted by molar-refractivity contribution is 6.32. The second-order valence-corrected chi connectivity index (χ2v) is 8.29. The molecule has 3 N–H and O–H groups in total. The summed E-state index contributed by atoms with van der Waals surface area (Å²) in [5, 5.41) is 13.3. The van der Waals surface area contributed by atoms with Crippen molar-refractivity contribution in [1.29, 1.82) is 0 Å². The predicted octanol–water partition coefficient (Wildman–Crippen LogP) is 4.49. The van der Waals surface area contributed by atoms with Crippen LogP contribution in [0.1, 0.15) is 25.2 Å². The summed E-state index contributed by atoms with van der Waals surface area (Å²) in [6.45, 7) is 3.99. The molecule has 3 aromatic heterocycles. The Labute approximate surface area is 190 Å². The highest BCUT2D eigenvalue weighted by Crippen LogP contribution is 2.36. The highest BCUT2D eigenvalue weighted by Gasteiger charge is 2.34. The van der Waals surface area contributed by atoms with Crippen molar-refractivity contribution in [1.82, 2.24) is 25.3 Å². The zero-order valence-electron chi connectivity index (χ0n) is 17.6. The van der Waals surface area contributed by atoms with Gasteiger partial charge >= 0.3 is 0 Å². The lowest BCUT2D eigenvalue weighted by molar-refractivity contribution is -0.126. The maximum Gasteiger partial charge on any atom is 0.233 e. The number of amides is 1. The van der Waals surface area contributed by atoms with E-state index in [-0.39, 0.29) is 16.7 Å². The molecule has 1 aromatic carbocycles. The van der Waals surface area contributed by atoms with Gasteiger partial charge in [0.15, 0.2) is 0 Å². The van der Waals surface area contributed by atoms with E-state index in [2.05, 4.69) is 20.3 Å². The van der Waals surface area contributed by atoms with Crippen molar-refractivity contribution < 1.29 is 9.90 Å². The molecule has 0 aliphatic rings. The second-order valence-electron chi connectivity index (χ2n) is 7.88. The summed E-state index contributed by atoms with van der Waals surface area (Å²) in [5.41, 5.74) is 2.81. The summed E-state index contributed by atoms with van der Waals surface area (Å²) in [5.74, 6) is 0.280. The van der Waals surface area contributed by atoms with Gasteiger partial charge in [-0.2, -0.15) is 0 Å². The van der Waals surface area contributed by atoms with E-state index < -0.39 is 5.41 Å². The average Bonchev–Trinajstić information content (AvgIpc) is 3.27. The molecule has 0 saturated carbocycles. The van der Waals surface area contributed by atoms with E-state index in [1.807, 2.05) is 38.1 Å². The van der Waals surface area contributed by atoms with Crippen molar-refractivity contribution in [3.05, 3.63) is 83.7 Å². The van der Waals surface area contributed by atoms with E-state index in [4.69, 9.17) is 16.6 Å². The lowest BCUT2D eigenvalue weighted by Gasteiger charge is -2.21. The quantitative estimate of drug-likeness (QED) is 0.404. The molecule has 162 valence electrons. The summed E-state index contributed by atoms with van der Waals surface area (Å²) in [4.78, 5) is 29.3. The third-order valence-corrected chi connectivity index (χ3v) is 5.55. The minimum atomic E-state index is -0.948. The van der Waals surface area contributed by atoms with Crippen LogP contribution in [0.5, 0.6) is 5.75 Å². The smallest absolute Gasteiger partial charge is 0.233 e. The van der Waals surface area contributed by atoms with Crippen LogP contribution in [0.15, 0.2) is 67.3 Å². The van der Waals surface area contributed by atoms with Crippen molar-refractivity contribution in [2.45, 2.75) is 25.8 Å². The molecule has 0 aliphatic carbocycles. The van der Waals surface area contributed by atoms with Crippen molar-refractivity contribution in [2.24, 2.45) is 0 Å². The van der Waals surface area contributed by atoms with Crippen molar-refractivity contribution in [3.8, 4) is 28.3 Å². The van der Waals surface area contributed by atoms with Gasteiger partial charge in [0.25, 0.3) is 0 Å². The summed E-state index contributed by atoms with van der Waals surface area (Å²) in [6, 6.07) is 12.4. The van der Waals surface area contributed by atoms with E-state index in [0.29, 0.717) is 23.6 Å². The number of aromatic hydroxyl groups is 1. The third-order valence-electron chi connectivity index (χ3n) is 5.23. The Morgan fingerprint density at radius 3 is 2.56 bits per heavy atom. The Morgan fingerprint density at radius 2 is 1.88 bits per heavy atom. The first-order valence-corrected chi connectivity index (χ1v) is 10.4. The number of H-pyrrole nitrogens is 1. The normalized spacial score (nSPS) is 11.3. The zero-order valence-corrected chi connectivity index (χ0v) is 18.4. The first kappa shape index (κ1) is 21.5. The number of imidazole rings is 1. The van der Waals surface area contributed by atoms with E-state index in [1.54, 1.807) is 43.0 Å². The van der Waals surface area contributed by atoms with Gasteiger partial charge in [0.05, 0.1) is 16.4 Å². The van der Waals surface area contributed by atoms with Gasteiger partial charge in [-0.3, -0.25) is 14.8 Å². The molecule has 0 aliphatic heterocycles. The maximum atomic E-state index is 13.1. The Morgan fingerprint density at radius 1 is 1.09 bits per heavy atom. The van der Waals surface area contributed by atoms with E-state index in [1.165, 1.54) is 0 Å². The van der Waals surface area contributed by atoms with Gasteiger partial charge < -0.3 is 15.4 Å². The zero-order chi connectivity index (χ0) is 22.7. The van der Waals surface area contributed by atoms with E-state index in [9.17, 15) is 9.90 Å². The van der Waals surface area contributed by atoms with Crippen molar-refractivity contribution in [3.63, 3.8) is 0 Å². The molecule has 3 heterocycles. The van der Waals surface area contributed by atoms with Crippen LogP contribution in [0, 0.1) is 0 Å². The molecule has 7 nitrogen and oxygen atoms in total. The van der Waals surface area contributed by atoms with Crippen LogP contribution >= 0.6 is 11.6 Å². The van der Waals surface area contributed by atoms with Gasteiger partial charge in [0.2, 0.25) is 5.91 Å². The number of carbonyl (C=O) groups excluding carboxylic acids is 1. The monoisotopic (exact) mass is 447 g/mol. The third kappa shape index (κ3) is 4.33. The summed E-state index contributed by atoms with van der Waals surface area (Å²) < 4.78 is 0. The Balaban J connectivity index is 1.71. The first-order valence-electron chi connectivity index (χ1n) is 10.0. The number of rotatable bonds is 6. The maximum absolute atomic E-state index is 13.1. The van der Waals surface area contributed by atoms with Crippen LogP contribution in [-0.4, -0.2) is 30.9 Å². The number of aromatic nitrogens is 4. The molecule has 0 atom stereocenters. The average molecular weight is 448 g/mol. The molecule has 0 radical (unpaired) electrons. The number of phenols is 1. The molecule has 0 bridgehead atoms. The highest BCUT2D eigenvalue weighted by atomic mass is 35.5. The van der Waals surface area contributed by atoms with Crippen LogP contribution < -0.4 is 5.32 Å². The van der Waals surface area contributed by atoms with Crippen LogP contribution in [0.2, 0.25) is 5.02 Å². The Bertz CT molecular complexity index is 1240. The number of hydrogen-bond donors (Lipinski definition) is 3. The van der Waals surface area contributed by atoms with Crippen LogP contribution in [0.3, 0.4) is 0 Å². The predicted molar refractivity (Wildman–Crippen MR) is 123 cm³/mol. The first-order chi connectivity index (χ1) is 15.4. The fourth-order valence-corrected chi connectivity index (χ4v) is 3.40. The Kier molecular flexibility index (Phi) is 5.92.